The number of nitrogens with one attached hydrogen (secondary N) is 1. The maximum absolute atomic E-state index is 6.38. The van der Waals surface area contributed by atoms with E-state index in [0.29, 0.717) is 6.54 Å². The van der Waals surface area contributed by atoms with Crippen LogP contribution in [-0.2, 0) is 13.1 Å². The first kappa shape index (κ1) is 14.7. The SMILES string of the molecule is Cc1nc2sc3c(c2c(C)c1Cl)CN=C3NCc1ccccc1. The van der Waals surface area contributed by atoms with Crippen LogP contribution in [0.4, 0.5) is 0 Å². The van der Waals surface area contributed by atoms with Crippen LogP contribution < -0.4 is 5.32 Å². The topological polar surface area (TPSA) is 37.3 Å². The number of aliphatic imine (C=N–C) groups is 1. The number of benzene rings is 1. The van der Waals surface area contributed by atoms with Crippen molar-refractivity contribution in [3.8, 4) is 0 Å². The summed E-state index contributed by atoms with van der Waals surface area (Å²) in [6.07, 6.45) is 0. The van der Waals surface area contributed by atoms with Crippen molar-refractivity contribution in [3.05, 3.63) is 62.6 Å². The van der Waals surface area contributed by atoms with Crippen LogP contribution in [0, 0.1) is 13.8 Å². The summed E-state index contributed by atoms with van der Waals surface area (Å²) < 4.78 is 0. The third-order valence-corrected chi connectivity index (χ3v) is 5.88. The van der Waals surface area contributed by atoms with E-state index in [2.05, 4.69) is 46.5 Å². The molecule has 0 atom stereocenters. The van der Waals surface area contributed by atoms with Gasteiger partial charge in [-0.2, -0.15) is 0 Å². The minimum Gasteiger partial charge on any atom is -0.365 e. The van der Waals surface area contributed by atoms with Crippen molar-refractivity contribution in [2.75, 3.05) is 0 Å². The number of hydrogen-bond donors (Lipinski definition) is 1. The molecule has 1 aromatic carbocycles. The van der Waals surface area contributed by atoms with E-state index in [1.165, 1.54) is 21.4 Å². The number of aryl methyl sites for hydroxylation is 2. The Labute approximate surface area is 144 Å². The zero-order chi connectivity index (χ0) is 16.0. The first-order valence-electron chi connectivity index (χ1n) is 7.56. The number of nitrogens with zero attached hydrogens (tertiary/aromatic N) is 2. The number of aromatic nitrogens is 1. The predicted molar refractivity (Wildman–Crippen MR) is 97.6 cm³/mol. The van der Waals surface area contributed by atoms with Gasteiger partial charge >= 0.3 is 0 Å². The Bertz CT molecular complexity index is 929. The lowest BCUT2D eigenvalue weighted by Crippen LogP contribution is -2.21. The minimum atomic E-state index is 0.703. The van der Waals surface area contributed by atoms with E-state index in [1.807, 2.05) is 13.0 Å². The number of thiophene rings is 1. The van der Waals surface area contributed by atoms with E-state index in [1.54, 1.807) is 11.3 Å². The van der Waals surface area contributed by atoms with Gasteiger partial charge in [0.15, 0.2) is 0 Å². The predicted octanol–water partition coefficient (Wildman–Crippen LogP) is 4.62. The highest BCUT2D eigenvalue weighted by atomic mass is 35.5. The molecule has 0 spiro atoms. The van der Waals surface area contributed by atoms with Crippen molar-refractivity contribution in [1.82, 2.24) is 10.3 Å². The summed E-state index contributed by atoms with van der Waals surface area (Å²) in [6, 6.07) is 10.4. The first-order valence-corrected chi connectivity index (χ1v) is 8.75. The molecule has 0 bridgehead atoms. The molecule has 0 saturated heterocycles. The second kappa shape index (κ2) is 5.62. The first-order chi connectivity index (χ1) is 11.1. The Morgan fingerprint density at radius 3 is 2.78 bits per heavy atom. The van der Waals surface area contributed by atoms with E-state index >= 15 is 0 Å². The van der Waals surface area contributed by atoms with Gasteiger partial charge in [-0.05, 0) is 25.0 Å². The quantitative estimate of drug-likeness (QED) is 0.738. The van der Waals surface area contributed by atoms with Gasteiger partial charge in [0.05, 0.1) is 22.1 Å². The van der Waals surface area contributed by atoms with Gasteiger partial charge in [0, 0.05) is 17.5 Å². The largest absolute Gasteiger partial charge is 0.365 e. The van der Waals surface area contributed by atoms with E-state index in [-0.39, 0.29) is 0 Å². The Morgan fingerprint density at radius 2 is 2.00 bits per heavy atom. The molecule has 3 nitrogen and oxygen atoms in total. The molecule has 0 radical (unpaired) electrons. The standard InChI is InChI=1S/C18H16ClN3S/c1-10-14-13-9-21-17(20-8-12-6-4-3-5-7-12)16(13)23-18(14)22-11(2)15(10)19/h3-7H,8-9H2,1-2H3,(H,20,21). The van der Waals surface area contributed by atoms with Gasteiger partial charge in [0.25, 0.3) is 0 Å². The highest BCUT2D eigenvalue weighted by molar-refractivity contribution is 7.20. The van der Waals surface area contributed by atoms with Crippen LogP contribution in [0.25, 0.3) is 10.2 Å². The molecular weight excluding hydrogens is 326 g/mol. The molecule has 1 N–H and O–H groups in total. The van der Waals surface area contributed by atoms with Crippen LogP contribution in [0.15, 0.2) is 35.3 Å². The average Bonchev–Trinajstić information content (AvgIpc) is 3.10. The smallest absolute Gasteiger partial charge is 0.139 e. The van der Waals surface area contributed by atoms with Gasteiger partial charge in [0.2, 0.25) is 0 Å². The summed E-state index contributed by atoms with van der Waals surface area (Å²) >= 11 is 8.09. The second-order valence-electron chi connectivity index (χ2n) is 5.73. The van der Waals surface area contributed by atoms with E-state index in [0.717, 1.165) is 33.5 Å². The van der Waals surface area contributed by atoms with E-state index < -0.39 is 0 Å². The number of amidine groups is 1. The van der Waals surface area contributed by atoms with Crippen LogP contribution in [-0.4, -0.2) is 10.8 Å². The minimum absolute atomic E-state index is 0.703. The van der Waals surface area contributed by atoms with E-state index in [4.69, 9.17) is 11.6 Å². The fourth-order valence-electron chi connectivity index (χ4n) is 2.99. The van der Waals surface area contributed by atoms with Crippen molar-refractivity contribution in [3.63, 3.8) is 0 Å². The number of fused-ring (bicyclic) bond motifs is 3. The fourth-order valence-corrected chi connectivity index (χ4v) is 4.40. The Kier molecular flexibility index (Phi) is 3.58. The summed E-state index contributed by atoms with van der Waals surface area (Å²) in [5, 5.41) is 5.41. The lowest BCUT2D eigenvalue weighted by molar-refractivity contribution is 0.912. The van der Waals surface area contributed by atoms with Gasteiger partial charge in [-0.3, -0.25) is 4.99 Å². The summed E-state index contributed by atoms with van der Waals surface area (Å²) in [4.78, 5) is 11.6. The summed E-state index contributed by atoms with van der Waals surface area (Å²) in [5.41, 5.74) is 4.52. The monoisotopic (exact) mass is 341 g/mol. The molecule has 4 rings (SSSR count). The Balaban J connectivity index is 1.68. The highest BCUT2D eigenvalue weighted by Gasteiger charge is 2.24. The van der Waals surface area contributed by atoms with Crippen molar-refractivity contribution in [2.45, 2.75) is 26.9 Å². The Morgan fingerprint density at radius 1 is 1.22 bits per heavy atom. The van der Waals surface area contributed by atoms with Crippen LogP contribution in [0.2, 0.25) is 5.02 Å². The zero-order valence-electron chi connectivity index (χ0n) is 13.0. The second-order valence-corrected chi connectivity index (χ2v) is 7.11. The van der Waals surface area contributed by atoms with E-state index in [9.17, 15) is 0 Å². The van der Waals surface area contributed by atoms with Gasteiger partial charge in [-0.15, -0.1) is 11.3 Å². The molecule has 0 amide bonds. The van der Waals surface area contributed by atoms with Crippen molar-refractivity contribution in [1.29, 1.82) is 0 Å². The van der Waals surface area contributed by atoms with Gasteiger partial charge in [-0.1, -0.05) is 41.9 Å². The normalized spacial score (nSPS) is 13.3. The van der Waals surface area contributed by atoms with Gasteiger partial charge < -0.3 is 5.32 Å². The van der Waals surface area contributed by atoms with Crippen molar-refractivity contribution < 1.29 is 0 Å². The summed E-state index contributed by atoms with van der Waals surface area (Å²) in [6.45, 7) is 5.51. The molecule has 0 saturated carbocycles. The third-order valence-electron chi connectivity index (χ3n) is 4.19. The lowest BCUT2D eigenvalue weighted by atomic mass is 10.1. The maximum atomic E-state index is 6.38. The van der Waals surface area contributed by atoms with Crippen molar-refractivity contribution >= 4 is 39.0 Å². The molecule has 1 aliphatic rings. The van der Waals surface area contributed by atoms with Crippen LogP contribution in [0.5, 0.6) is 0 Å². The van der Waals surface area contributed by atoms with Gasteiger partial charge in [0.1, 0.15) is 10.7 Å². The Hall–Kier alpha value is -1.91. The summed E-state index contributed by atoms with van der Waals surface area (Å²) in [7, 11) is 0. The molecular formula is C18H16ClN3S. The van der Waals surface area contributed by atoms with Crippen LogP contribution >= 0.6 is 22.9 Å². The average molecular weight is 342 g/mol. The third kappa shape index (κ3) is 2.42. The maximum Gasteiger partial charge on any atom is 0.139 e. The zero-order valence-corrected chi connectivity index (χ0v) is 14.6. The fraction of sp³-hybridized carbons (Fsp3) is 0.222. The molecule has 3 aromatic rings. The molecule has 0 unspecified atom stereocenters. The molecule has 2 aromatic heterocycles. The molecule has 23 heavy (non-hydrogen) atoms. The molecule has 3 heterocycles. The molecule has 0 fully saturated rings. The molecule has 0 aliphatic carbocycles. The number of rotatable bonds is 2. The molecule has 1 aliphatic heterocycles. The number of halogens is 1. The van der Waals surface area contributed by atoms with Gasteiger partial charge in [-0.25, -0.2) is 4.98 Å². The van der Waals surface area contributed by atoms with Crippen LogP contribution in [0.1, 0.15) is 27.3 Å². The number of pyridine rings is 1. The lowest BCUT2D eigenvalue weighted by Gasteiger charge is -2.05. The number of hydrogen-bond acceptors (Lipinski definition) is 4. The molecule has 5 heteroatoms. The highest BCUT2D eigenvalue weighted by Crippen LogP contribution is 2.39. The molecule has 116 valence electrons. The van der Waals surface area contributed by atoms with Crippen LogP contribution in [0.3, 0.4) is 0 Å². The van der Waals surface area contributed by atoms with Crippen molar-refractivity contribution in [2.24, 2.45) is 4.99 Å². The summed E-state index contributed by atoms with van der Waals surface area (Å²) in [5.74, 6) is 0.972.